The van der Waals surface area contributed by atoms with Crippen LogP contribution in [-0.4, -0.2) is 31.7 Å². The van der Waals surface area contributed by atoms with Crippen LogP contribution in [0.1, 0.15) is 28.1 Å². The van der Waals surface area contributed by atoms with Crippen molar-refractivity contribution >= 4 is 16.7 Å². The van der Waals surface area contributed by atoms with Crippen LogP contribution in [0, 0.1) is 13.8 Å². The minimum Gasteiger partial charge on any atom is -0.343 e. The number of aryl methyl sites for hydroxylation is 2. The smallest absolute Gasteiger partial charge is 0.276 e. The summed E-state index contributed by atoms with van der Waals surface area (Å²) in [5, 5.41) is 5.84. The molecule has 1 aliphatic rings. The number of aromatic nitrogens is 3. The molecule has 0 N–H and O–H groups in total. The summed E-state index contributed by atoms with van der Waals surface area (Å²) in [7, 11) is 0. The maximum Gasteiger partial charge on any atom is 0.276 e. The van der Waals surface area contributed by atoms with Gasteiger partial charge in [0.15, 0.2) is 0 Å². The van der Waals surface area contributed by atoms with Crippen LogP contribution in [0.3, 0.4) is 0 Å². The van der Waals surface area contributed by atoms with Crippen molar-refractivity contribution in [2.45, 2.75) is 39.9 Å². The molecule has 2 aromatic carbocycles. The first-order valence-corrected chi connectivity index (χ1v) is 11.0. The monoisotopic (exact) mass is 426 g/mol. The van der Waals surface area contributed by atoms with E-state index in [4.69, 9.17) is 0 Å². The van der Waals surface area contributed by atoms with Gasteiger partial charge in [0.05, 0.1) is 11.6 Å². The van der Waals surface area contributed by atoms with E-state index in [1.54, 1.807) is 6.20 Å². The maximum absolute atomic E-state index is 13.3. The molecule has 0 saturated carbocycles. The lowest BCUT2D eigenvalue weighted by atomic mass is 10.00. The van der Waals surface area contributed by atoms with E-state index in [2.05, 4.69) is 33.9 Å². The summed E-state index contributed by atoms with van der Waals surface area (Å²) in [4.78, 5) is 28.1. The lowest BCUT2D eigenvalue weighted by Crippen LogP contribution is -2.40. The lowest BCUT2D eigenvalue weighted by molar-refractivity contribution is -0.133. The van der Waals surface area contributed by atoms with Crippen LogP contribution in [0.15, 0.2) is 65.6 Å². The zero-order valence-corrected chi connectivity index (χ0v) is 18.4. The molecule has 6 heteroatoms. The molecule has 0 bridgehead atoms. The van der Waals surface area contributed by atoms with Gasteiger partial charge in [0.2, 0.25) is 5.91 Å². The molecule has 0 aliphatic carbocycles. The molecule has 32 heavy (non-hydrogen) atoms. The molecule has 1 aliphatic heterocycles. The van der Waals surface area contributed by atoms with Gasteiger partial charge in [-0.05, 0) is 37.0 Å². The standard InChI is InChI=1S/C26H26N4O2/c1-18-23-14-27-30(17-24(31)28-13-12-21-10-6-7-11-22(21)16-28)26(32)25(23)19(2)29(18)15-20-8-4-3-5-9-20/h3-11,14H,12-13,15-17H2,1-2H3. The molecular weight excluding hydrogens is 400 g/mol. The summed E-state index contributed by atoms with van der Waals surface area (Å²) in [5.41, 5.74) is 5.35. The van der Waals surface area contributed by atoms with Crippen LogP contribution in [0.2, 0.25) is 0 Å². The van der Waals surface area contributed by atoms with Gasteiger partial charge in [-0.25, -0.2) is 4.68 Å². The molecule has 0 fully saturated rings. The van der Waals surface area contributed by atoms with Crippen molar-refractivity contribution in [2.24, 2.45) is 0 Å². The molecule has 5 rings (SSSR count). The van der Waals surface area contributed by atoms with Gasteiger partial charge >= 0.3 is 0 Å². The third-order valence-electron chi connectivity index (χ3n) is 6.56. The van der Waals surface area contributed by atoms with Crippen LogP contribution < -0.4 is 5.56 Å². The Morgan fingerprint density at radius 3 is 2.47 bits per heavy atom. The normalized spacial score (nSPS) is 13.4. The molecule has 0 atom stereocenters. The Morgan fingerprint density at radius 2 is 1.69 bits per heavy atom. The quantitative estimate of drug-likeness (QED) is 0.502. The highest BCUT2D eigenvalue weighted by Crippen LogP contribution is 2.23. The van der Waals surface area contributed by atoms with Crippen molar-refractivity contribution in [3.8, 4) is 0 Å². The minimum atomic E-state index is -0.208. The van der Waals surface area contributed by atoms with Crippen LogP contribution in [0.25, 0.3) is 10.8 Å². The van der Waals surface area contributed by atoms with E-state index in [0.29, 0.717) is 25.0 Å². The molecule has 1 amide bonds. The number of rotatable bonds is 4. The van der Waals surface area contributed by atoms with Crippen molar-refractivity contribution in [3.05, 3.63) is 99.2 Å². The first-order valence-electron chi connectivity index (χ1n) is 11.0. The lowest BCUT2D eigenvalue weighted by Gasteiger charge is -2.28. The van der Waals surface area contributed by atoms with Gasteiger partial charge in [0.1, 0.15) is 6.54 Å². The van der Waals surface area contributed by atoms with Gasteiger partial charge in [-0.1, -0.05) is 54.6 Å². The molecule has 162 valence electrons. The number of hydrogen-bond acceptors (Lipinski definition) is 3. The number of carbonyl (C=O) groups is 1. The summed E-state index contributed by atoms with van der Waals surface area (Å²) >= 11 is 0. The highest BCUT2D eigenvalue weighted by atomic mass is 16.2. The third-order valence-corrected chi connectivity index (χ3v) is 6.56. The molecule has 0 radical (unpaired) electrons. The number of hydrogen-bond donors (Lipinski definition) is 0. The van der Waals surface area contributed by atoms with Gasteiger partial charge in [0.25, 0.3) is 5.56 Å². The van der Waals surface area contributed by atoms with E-state index in [1.807, 2.05) is 49.1 Å². The third kappa shape index (κ3) is 3.51. The average Bonchev–Trinajstić information content (AvgIpc) is 3.06. The summed E-state index contributed by atoms with van der Waals surface area (Å²) < 4.78 is 3.46. The van der Waals surface area contributed by atoms with Crippen molar-refractivity contribution in [1.29, 1.82) is 0 Å². The van der Waals surface area contributed by atoms with Gasteiger partial charge in [-0.3, -0.25) is 9.59 Å². The predicted molar refractivity (Wildman–Crippen MR) is 125 cm³/mol. The van der Waals surface area contributed by atoms with E-state index in [-0.39, 0.29) is 18.0 Å². The predicted octanol–water partition coefficient (Wildman–Crippen LogP) is 3.45. The average molecular weight is 427 g/mol. The first-order chi connectivity index (χ1) is 15.5. The Hall–Kier alpha value is -3.67. The van der Waals surface area contributed by atoms with Crippen molar-refractivity contribution < 1.29 is 4.79 Å². The van der Waals surface area contributed by atoms with Gasteiger partial charge in [0, 0.05) is 36.4 Å². The summed E-state index contributed by atoms with van der Waals surface area (Å²) in [6, 6.07) is 18.4. The second kappa shape index (κ2) is 8.11. The minimum absolute atomic E-state index is 0.0424. The summed E-state index contributed by atoms with van der Waals surface area (Å²) in [6.45, 7) is 5.88. The van der Waals surface area contributed by atoms with E-state index >= 15 is 0 Å². The van der Waals surface area contributed by atoms with E-state index < -0.39 is 0 Å². The molecule has 4 aromatic rings. The number of carbonyl (C=O) groups excluding carboxylic acids is 1. The van der Waals surface area contributed by atoms with Gasteiger partial charge in [-0.2, -0.15) is 5.10 Å². The number of fused-ring (bicyclic) bond motifs is 2. The topological polar surface area (TPSA) is 60.1 Å². The Kier molecular flexibility index (Phi) is 5.13. The molecule has 0 spiro atoms. The van der Waals surface area contributed by atoms with Gasteiger partial charge < -0.3 is 9.47 Å². The highest BCUT2D eigenvalue weighted by Gasteiger charge is 2.22. The fourth-order valence-corrected chi connectivity index (χ4v) is 4.70. The van der Waals surface area contributed by atoms with Crippen LogP contribution in [-0.2, 0) is 30.8 Å². The Morgan fingerprint density at radius 1 is 0.969 bits per heavy atom. The molecule has 6 nitrogen and oxygen atoms in total. The van der Waals surface area contributed by atoms with Crippen molar-refractivity contribution in [2.75, 3.05) is 6.54 Å². The Balaban J connectivity index is 1.43. The van der Waals surface area contributed by atoms with Crippen molar-refractivity contribution in [1.82, 2.24) is 19.2 Å². The molecule has 0 unspecified atom stereocenters. The number of nitrogens with zero attached hydrogens (tertiary/aromatic N) is 4. The van der Waals surface area contributed by atoms with Crippen LogP contribution in [0.5, 0.6) is 0 Å². The fourth-order valence-electron chi connectivity index (χ4n) is 4.70. The second-order valence-electron chi connectivity index (χ2n) is 8.47. The molecule has 0 saturated heterocycles. The molecular formula is C26H26N4O2. The zero-order chi connectivity index (χ0) is 22.2. The zero-order valence-electron chi connectivity index (χ0n) is 18.4. The van der Waals surface area contributed by atoms with Crippen molar-refractivity contribution in [3.63, 3.8) is 0 Å². The Bertz CT molecular complexity index is 1370. The fraction of sp³-hybridized carbons (Fsp3) is 0.269. The SMILES string of the molecule is Cc1c2cnn(CC(=O)N3CCc4ccccc4C3)c(=O)c2c(C)n1Cc1ccccc1. The van der Waals surface area contributed by atoms with E-state index in [0.717, 1.165) is 23.2 Å². The van der Waals surface area contributed by atoms with Gasteiger partial charge in [-0.15, -0.1) is 0 Å². The Labute approximate surface area is 186 Å². The second-order valence-corrected chi connectivity index (χ2v) is 8.47. The number of benzene rings is 2. The maximum atomic E-state index is 13.3. The summed E-state index contributed by atoms with van der Waals surface area (Å²) in [6.07, 6.45) is 2.56. The summed E-state index contributed by atoms with van der Waals surface area (Å²) in [5.74, 6) is -0.0773. The molecule has 2 aromatic heterocycles. The largest absolute Gasteiger partial charge is 0.343 e. The first kappa shape index (κ1) is 20.2. The van der Waals surface area contributed by atoms with Crippen LogP contribution in [0.4, 0.5) is 0 Å². The van der Waals surface area contributed by atoms with Crippen LogP contribution >= 0.6 is 0 Å². The number of amides is 1. The molecule has 3 heterocycles. The highest BCUT2D eigenvalue weighted by molar-refractivity contribution is 5.87. The van der Waals surface area contributed by atoms with E-state index in [1.165, 1.54) is 21.4 Å². The van der Waals surface area contributed by atoms with E-state index in [9.17, 15) is 9.59 Å².